The van der Waals surface area contributed by atoms with Gasteiger partial charge in [-0.1, -0.05) is 20.8 Å². The van der Waals surface area contributed by atoms with Gasteiger partial charge in [-0.25, -0.2) is 0 Å². The van der Waals surface area contributed by atoms with Gasteiger partial charge in [0.25, 0.3) is 0 Å². The summed E-state index contributed by atoms with van der Waals surface area (Å²) in [5.74, 6) is 0.890. The maximum absolute atomic E-state index is 3.57. The summed E-state index contributed by atoms with van der Waals surface area (Å²) in [6, 6.07) is 0.828. The summed E-state index contributed by atoms with van der Waals surface area (Å²) in [5.41, 5.74) is 0. The van der Waals surface area contributed by atoms with Gasteiger partial charge in [0.05, 0.1) is 0 Å². The van der Waals surface area contributed by atoms with E-state index in [2.05, 4.69) is 31.0 Å². The van der Waals surface area contributed by atoms with Crippen molar-refractivity contribution in [1.82, 2.24) is 10.2 Å². The lowest BCUT2D eigenvalue weighted by atomic mass is 9.95. The van der Waals surface area contributed by atoms with Crippen molar-refractivity contribution in [3.05, 3.63) is 0 Å². The Bertz CT molecular complexity index is 166. The third-order valence-corrected chi connectivity index (χ3v) is 3.87. The Balaban J connectivity index is 2.28. The van der Waals surface area contributed by atoms with Gasteiger partial charge in [-0.2, -0.15) is 0 Å². The van der Waals surface area contributed by atoms with E-state index >= 15 is 0 Å². The van der Waals surface area contributed by atoms with Crippen LogP contribution in [0.25, 0.3) is 0 Å². The molecule has 1 aliphatic rings. The molecule has 1 N–H and O–H groups in total. The molecule has 0 bridgehead atoms. The highest BCUT2D eigenvalue weighted by Gasteiger charge is 2.23. The Morgan fingerprint density at radius 2 is 2.00 bits per heavy atom. The molecule has 0 aliphatic carbocycles. The minimum atomic E-state index is 0.828. The molecule has 1 aliphatic heterocycles. The van der Waals surface area contributed by atoms with Crippen molar-refractivity contribution < 1.29 is 0 Å². The Kier molecular flexibility index (Phi) is 7.06. The number of hydrogen-bond donors (Lipinski definition) is 1. The van der Waals surface area contributed by atoms with Crippen molar-refractivity contribution in [3.63, 3.8) is 0 Å². The second-order valence-electron chi connectivity index (χ2n) is 5.18. The minimum Gasteiger partial charge on any atom is -0.316 e. The smallest absolute Gasteiger partial charge is 0.00901 e. The molecule has 0 spiro atoms. The highest BCUT2D eigenvalue weighted by molar-refractivity contribution is 4.79. The lowest BCUT2D eigenvalue weighted by Crippen LogP contribution is -2.44. The second-order valence-corrected chi connectivity index (χ2v) is 5.18. The van der Waals surface area contributed by atoms with E-state index in [1.54, 1.807) is 0 Å². The van der Waals surface area contributed by atoms with Gasteiger partial charge in [0, 0.05) is 12.6 Å². The molecule has 16 heavy (non-hydrogen) atoms. The van der Waals surface area contributed by atoms with Gasteiger partial charge in [-0.3, -0.25) is 0 Å². The van der Waals surface area contributed by atoms with Crippen LogP contribution in [0.1, 0.15) is 52.9 Å². The second kappa shape index (κ2) is 8.08. The van der Waals surface area contributed by atoms with E-state index in [9.17, 15) is 0 Å². The molecular formula is C14H30N2. The van der Waals surface area contributed by atoms with E-state index in [4.69, 9.17) is 0 Å². The monoisotopic (exact) mass is 226 g/mol. The summed E-state index contributed by atoms with van der Waals surface area (Å²) in [4.78, 5) is 2.72. The summed E-state index contributed by atoms with van der Waals surface area (Å²) in [6.07, 6.45) is 6.70. The normalized spacial score (nSPS) is 22.9. The molecule has 0 saturated carbocycles. The maximum Gasteiger partial charge on any atom is 0.00901 e. The van der Waals surface area contributed by atoms with E-state index in [1.807, 2.05) is 0 Å². The molecule has 2 nitrogen and oxygen atoms in total. The zero-order valence-electron chi connectivity index (χ0n) is 11.5. The molecule has 1 heterocycles. The highest BCUT2D eigenvalue weighted by atomic mass is 15.2. The van der Waals surface area contributed by atoms with Crippen LogP contribution in [0.5, 0.6) is 0 Å². The van der Waals surface area contributed by atoms with Crippen molar-refractivity contribution in [2.24, 2.45) is 5.92 Å². The van der Waals surface area contributed by atoms with Gasteiger partial charge in [0.2, 0.25) is 0 Å². The molecule has 1 rings (SSSR count). The predicted octanol–water partition coefficient (Wildman–Crippen LogP) is 2.89. The van der Waals surface area contributed by atoms with E-state index in [-0.39, 0.29) is 0 Å². The lowest BCUT2D eigenvalue weighted by molar-refractivity contribution is 0.116. The zero-order valence-corrected chi connectivity index (χ0v) is 11.5. The molecule has 1 saturated heterocycles. The van der Waals surface area contributed by atoms with Gasteiger partial charge in [0.15, 0.2) is 0 Å². The zero-order chi connectivity index (χ0) is 11.8. The molecule has 0 aromatic carbocycles. The number of hydrogen-bond acceptors (Lipinski definition) is 2. The van der Waals surface area contributed by atoms with Crippen molar-refractivity contribution in [1.29, 1.82) is 0 Å². The molecule has 1 atom stereocenters. The van der Waals surface area contributed by atoms with Gasteiger partial charge in [0.1, 0.15) is 0 Å². The summed E-state index contributed by atoms with van der Waals surface area (Å²) in [5, 5.41) is 3.57. The first-order chi connectivity index (χ1) is 7.81. The topological polar surface area (TPSA) is 15.3 Å². The Labute approximate surface area is 102 Å². The molecule has 96 valence electrons. The molecule has 1 fully saturated rings. The summed E-state index contributed by atoms with van der Waals surface area (Å²) >= 11 is 0. The number of rotatable bonds is 7. The van der Waals surface area contributed by atoms with Gasteiger partial charge < -0.3 is 10.2 Å². The van der Waals surface area contributed by atoms with Crippen LogP contribution in [0.15, 0.2) is 0 Å². The Morgan fingerprint density at radius 3 is 2.62 bits per heavy atom. The quantitative estimate of drug-likeness (QED) is 0.672. The number of nitrogens with zero attached hydrogens (tertiary/aromatic N) is 1. The molecule has 0 amide bonds. The van der Waals surface area contributed by atoms with Crippen molar-refractivity contribution >= 4 is 0 Å². The van der Waals surface area contributed by atoms with Crippen molar-refractivity contribution in [3.8, 4) is 0 Å². The third-order valence-electron chi connectivity index (χ3n) is 3.87. The van der Waals surface area contributed by atoms with E-state index in [1.165, 1.54) is 58.3 Å². The first kappa shape index (κ1) is 14.0. The van der Waals surface area contributed by atoms with Crippen LogP contribution in [0.3, 0.4) is 0 Å². The molecular weight excluding hydrogens is 196 g/mol. The van der Waals surface area contributed by atoms with Crippen molar-refractivity contribution in [2.45, 2.75) is 58.9 Å². The van der Waals surface area contributed by atoms with Crippen LogP contribution in [0, 0.1) is 5.92 Å². The van der Waals surface area contributed by atoms with Gasteiger partial charge in [-0.05, 0) is 57.7 Å². The van der Waals surface area contributed by atoms with E-state index < -0.39 is 0 Å². The summed E-state index contributed by atoms with van der Waals surface area (Å²) in [6.45, 7) is 12.0. The van der Waals surface area contributed by atoms with Gasteiger partial charge >= 0.3 is 0 Å². The molecule has 2 heteroatoms. The first-order valence-electron chi connectivity index (χ1n) is 7.26. The fourth-order valence-electron chi connectivity index (χ4n) is 2.88. The average Bonchev–Trinajstić information content (AvgIpc) is 2.32. The largest absolute Gasteiger partial charge is 0.316 e. The van der Waals surface area contributed by atoms with Crippen LogP contribution in [0.2, 0.25) is 0 Å². The molecule has 0 aromatic heterocycles. The number of piperidine rings is 1. The fraction of sp³-hybridized carbons (Fsp3) is 1.00. The molecule has 0 radical (unpaired) electrons. The third kappa shape index (κ3) is 4.42. The number of likely N-dealkylation sites (tertiary alicyclic amines) is 1. The molecule has 0 aromatic rings. The maximum atomic E-state index is 3.57. The van der Waals surface area contributed by atoms with Crippen LogP contribution < -0.4 is 5.32 Å². The summed E-state index contributed by atoms with van der Waals surface area (Å²) in [7, 11) is 0. The average molecular weight is 226 g/mol. The Morgan fingerprint density at radius 1 is 1.25 bits per heavy atom. The van der Waals surface area contributed by atoms with Crippen LogP contribution in [-0.4, -0.2) is 37.1 Å². The predicted molar refractivity (Wildman–Crippen MR) is 71.8 cm³/mol. The highest BCUT2D eigenvalue weighted by Crippen LogP contribution is 2.20. The van der Waals surface area contributed by atoms with Crippen LogP contribution in [-0.2, 0) is 0 Å². The first-order valence-corrected chi connectivity index (χ1v) is 7.26. The van der Waals surface area contributed by atoms with E-state index in [0.717, 1.165) is 12.0 Å². The lowest BCUT2D eigenvalue weighted by Gasteiger charge is -2.37. The van der Waals surface area contributed by atoms with Gasteiger partial charge in [-0.15, -0.1) is 0 Å². The fourth-order valence-corrected chi connectivity index (χ4v) is 2.88. The van der Waals surface area contributed by atoms with Crippen LogP contribution >= 0.6 is 0 Å². The SMILES string of the molecule is CCCNCC1CCCN(C(CC)CC)C1. The van der Waals surface area contributed by atoms with Crippen molar-refractivity contribution in [2.75, 3.05) is 26.2 Å². The number of nitrogens with one attached hydrogen (secondary N) is 1. The minimum absolute atomic E-state index is 0.828. The Hall–Kier alpha value is -0.0800. The van der Waals surface area contributed by atoms with Crippen LogP contribution in [0.4, 0.5) is 0 Å². The summed E-state index contributed by atoms with van der Waals surface area (Å²) < 4.78 is 0. The standard InChI is InChI=1S/C14H30N2/c1-4-9-15-11-13-8-7-10-16(12-13)14(5-2)6-3/h13-15H,4-12H2,1-3H3. The molecule has 1 unspecified atom stereocenters. The van der Waals surface area contributed by atoms with E-state index in [0.29, 0.717) is 0 Å².